The molecule has 0 saturated carbocycles. The lowest BCUT2D eigenvalue weighted by molar-refractivity contribution is -0.162. The molecule has 0 aliphatic rings. The predicted molar refractivity (Wildman–Crippen MR) is 67.0 cm³/mol. The van der Waals surface area contributed by atoms with Gasteiger partial charge in [-0.1, -0.05) is 6.07 Å². The molecule has 1 aromatic rings. The number of carbonyl (C=O) groups excluding carboxylic acids is 1. The second-order valence-electron chi connectivity index (χ2n) is 4.09. The first-order chi connectivity index (χ1) is 8.92. The summed E-state index contributed by atoms with van der Waals surface area (Å²) in [5.74, 6) is -0.567. The van der Waals surface area contributed by atoms with E-state index in [9.17, 15) is 18.0 Å². The molecule has 0 atom stereocenters. The quantitative estimate of drug-likeness (QED) is 0.839. The molecule has 1 rings (SSSR count). The minimum atomic E-state index is -4.43. The number of alkyl halides is 3. The van der Waals surface area contributed by atoms with Crippen LogP contribution in [0, 0.1) is 0 Å². The highest BCUT2D eigenvalue weighted by atomic mass is 32.1. The Kier molecular flexibility index (Phi) is 6.30. The Labute approximate surface area is 113 Å². The van der Waals surface area contributed by atoms with Gasteiger partial charge in [0.2, 0.25) is 5.91 Å². The van der Waals surface area contributed by atoms with Gasteiger partial charge < -0.3 is 10.0 Å². The summed E-state index contributed by atoms with van der Waals surface area (Å²) in [4.78, 5) is 13.4. The summed E-state index contributed by atoms with van der Waals surface area (Å²) in [6, 6.07) is 3.82. The molecule has 108 valence electrons. The maximum Gasteiger partial charge on any atom is 0.406 e. The van der Waals surface area contributed by atoms with E-state index >= 15 is 0 Å². The maximum atomic E-state index is 12.3. The topological polar surface area (TPSA) is 40.5 Å². The molecule has 0 saturated heterocycles. The van der Waals surface area contributed by atoms with E-state index in [0.29, 0.717) is 17.7 Å². The average Bonchev–Trinajstić information content (AvgIpc) is 2.79. The highest BCUT2D eigenvalue weighted by molar-refractivity contribution is 7.09. The zero-order chi connectivity index (χ0) is 14.3. The number of thiophene rings is 1. The van der Waals surface area contributed by atoms with Crippen molar-refractivity contribution in [1.82, 2.24) is 4.90 Å². The normalized spacial score (nSPS) is 11.6. The number of rotatable bonds is 7. The smallest absolute Gasteiger partial charge is 0.395 e. The van der Waals surface area contributed by atoms with Crippen LogP contribution in [-0.2, 0) is 11.2 Å². The van der Waals surface area contributed by atoms with Gasteiger partial charge in [-0.25, -0.2) is 0 Å². The van der Waals surface area contributed by atoms with E-state index in [4.69, 9.17) is 5.11 Å². The van der Waals surface area contributed by atoms with E-state index < -0.39 is 25.2 Å². The highest BCUT2D eigenvalue weighted by Gasteiger charge is 2.32. The standard InChI is InChI=1S/C12H16F3NO2S/c13-12(14,15)9-16(6-7-17)11(18)5-1-3-10-4-2-8-19-10/h2,4,8,17H,1,3,5-7,9H2. The molecule has 1 N–H and O–H groups in total. The first kappa shape index (κ1) is 16.0. The molecule has 7 heteroatoms. The van der Waals surface area contributed by atoms with E-state index in [2.05, 4.69) is 0 Å². The van der Waals surface area contributed by atoms with Crippen LogP contribution in [0.1, 0.15) is 17.7 Å². The van der Waals surface area contributed by atoms with Crippen LogP contribution in [0.5, 0.6) is 0 Å². The molecule has 1 amide bonds. The molecule has 0 aliphatic carbocycles. The molecular weight excluding hydrogens is 279 g/mol. The summed E-state index contributed by atoms with van der Waals surface area (Å²) in [5, 5.41) is 10.6. The molecule has 0 radical (unpaired) electrons. The van der Waals surface area contributed by atoms with Crippen LogP contribution in [-0.4, -0.2) is 41.8 Å². The fraction of sp³-hybridized carbons (Fsp3) is 0.583. The van der Waals surface area contributed by atoms with Crippen molar-refractivity contribution in [3.05, 3.63) is 22.4 Å². The lowest BCUT2D eigenvalue weighted by atomic mass is 10.2. The molecule has 0 unspecified atom stereocenters. The number of hydrogen-bond acceptors (Lipinski definition) is 3. The van der Waals surface area contributed by atoms with Gasteiger partial charge in [0.25, 0.3) is 0 Å². The number of aliphatic hydroxyl groups excluding tert-OH is 1. The summed E-state index contributed by atoms with van der Waals surface area (Å²) in [5.41, 5.74) is 0. The van der Waals surface area contributed by atoms with Crippen LogP contribution >= 0.6 is 11.3 Å². The summed E-state index contributed by atoms with van der Waals surface area (Å²) < 4.78 is 36.8. The van der Waals surface area contributed by atoms with Crippen molar-refractivity contribution in [2.45, 2.75) is 25.4 Å². The molecule has 0 fully saturated rings. The van der Waals surface area contributed by atoms with Crippen LogP contribution in [0.15, 0.2) is 17.5 Å². The molecule has 1 aromatic heterocycles. The van der Waals surface area contributed by atoms with Gasteiger partial charge in [-0.2, -0.15) is 13.2 Å². The summed E-state index contributed by atoms with van der Waals surface area (Å²) in [6.07, 6.45) is -3.17. The minimum Gasteiger partial charge on any atom is -0.395 e. The van der Waals surface area contributed by atoms with Crippen LogP contribution in [0.3, 0.4) is 0 Å². The molecule has 1 heterocycles. The Balaban J connectivity index is 2.39. The number of carbonyl (C=O) groups is 1. The summed E-state index contributed by atoms with van der Waals surface area (Å²) in [6.45, 7) is -2.05. The Hall–Kier alpha value is -1.08. The van der Waals surface area contributed by atoms with E-state index in [1.54, 1.807) is 11.3 Å². The van der Waals surface area contributed by atoms with Crippen molar-refractivity contribution in [3.63, 3.8) is 0 Å². The molecule has 0 aliphatic heterocycles. The minimum absolute atomic E-state index is 0.0635. The largest absolute Gasteiger partial charge is 0.406 e. The predicted octanol–water partition coefficient (Wildman–Crippen LogP) is 2.45. The third-order valence-corrected chi connectivity index (χ3v) is 3.42. The monoisotopic (exact) mass is 295 g/mol. The number of aryl methyl sites for hydroxylation is 1. The zero-order valence-corrected chi connectivity index (χ0v) is 11.1. The average molecular weight is 295 g/mol. The van der Waals surface area contributed by atoms with Crippen LogP contribution in [0.4, 0.5) is 13.2 Å². The second kappa shape index (κ2) is 7.49. The van der Waals surface area contributed by atoms with Gasteiger partial charge >= 0.3 is 6.18 Å². The number of amides is 1. The molecule has 0 aromatic carbocycles. The van der Waals surface area contributed by atoms with Crippen LogP contribution in [0.25, 0.3) is 0 Å². The van der Waals surface area contributed by atoms with Crippen molar-refractivity contribution in [2.24, 2.45) is 0 Å². The Morgan fingerprint density at radius 3 is 2.68 bits per heavy atom. The number of hydrogen-bond donors (Lipinski definition) is 1. The molecule has 19 heavy (non-hydrogen) atoms. The van der Waals surface area contributed by atoms with Crippen LogP contribution < -0.4 is 0 Å². The van der Waals surface area contributed by atoms with Crippen molar-refractivity contribution in [1.29, 1.82) is 0 Å². The number of aliphatic hydroxyl groups is 1. The van der Waals surface area contributed by atoms with E-state index in [1.165, 1.54) is 0 Å². The Morgan fingerprint density at radius 2 is 2.16 bits per heavy atom. The van der Waals surface area contributed by atoms with Gasteiger partial charge in [0.15, 0.2) is 0 Å². The number of nitrogens with zero attached hydrogens (tertiary/aromatic N) is 1. The van der Waals surface area contributed by atoms with Gasteiger partial charge in [0, 0.05) is 17.8 Å². The van der Waals surface area contributed by atoms with Crippen molar-refractivity contribution in [2.75, 3.05) is 19.7 Å². The molecule has 0 bridgehead atoms. The highest BCUT2D eigenvalue weighted by Crippen LogP contribution is 2.18. The van der Waals surface area contributed by atoms with Gasteiger partial charge in [0.05, 0.1) is 6.61 Å². The summed E-state index contributed by atoms with van der Waals surface area (Å²) >= 11 is 1.56. The van der Waals surface area contributed by atoms with Gasteiger partial charge in [-0.15, -0.1) is 11.3 Å². The first-order valence-corrected chi connectivity index (χ1v) is 6.78. The summed E-state index contributed by atoms with van der Waals surface area (Å²) in [7, 11) is 0. The fourth-order valence-electron chi connectivity index (χ4n) is 1.66. The lowest BCUT2D eigenvalue weighted by Gasteiger charge is -2.23. The van der Waals surface area contributed by atoms with E-state index in [1.807, 2.05) is 17.5 Å². The van der Waals surface area contributed by atoms with Crippen LogP contribution in [0.2, 0.25) is 0 Å². The number of halogens is 3. The zero-order valence-electron chi connectivity index (χ0n) is 10.3. The SMILES string of the molecule is O=C(CCCc1cccs1)N(CCO)CC(F)(F)F. The fourth-order valence-corrected chi connectivity index (χ4v) is 2.41. The Bertz CT molecular complexity index is 379. The van der Waals surface area contributed by atoms with Gasteiger partial charge in [-0.3, -0.25) is 4.79 Å². The maximum absolute atomic E-state index is 12.3. The van der Waals surface area contributed by atoms with E-state index in [-0.39, 0.29) is 13.0 Å². The molecular formula is C12H16F3NO2S. The molecule has 3 nitrogen and oxygen atoms in total. The van der Waals surface area contributed by atoms with E-state index in [0.717, 1.165) is 4.88 Å². The second-order valence-corrected chi connectivity index (χ2v) is 5.12. The third kappa shape index (κ3) is 6.58. The Morgan fingerprint density at radius 1 is 1.42 bits per heavy atom. The van der Waals surface area contributed by atoms with Crippen molar-refractivity contribution in [3.8, 4) is 0 Å². The molecule has 0 spiro atoms. The van der Waals surface area contributed by atoms with Gasteiger partial charge in [-0.05, 0) is 24.3 Å². The first-order valence-electron chi connectivity index (χ1n) is 5.90. The third-order valence-electron chi connectivity index (χ3n) is 2.49. The van der Waals surface area contributed by atoms with Crippen molar-refractivity contribution < 1.29 is 23.1 Å². The van der Waals surface area contributed by atoms with Gasteiger partial charge in [0.1, 0.15) is 6.54 Å². The van der Waals surface area contributed by atoms with Crippen molar-refractivity contribution >= 4 is 17.2 Å². The lowest BCUT2D eigenvalue weighted by Crippen LogP contribution is -2.40.